The van der Waals surface area contributed by atoms with Crippen molar-refractivity contribution < 1.29 is 29.1 Å². The van der Waals surface area contributed by atoms with E-state index in [4.69, 9.17) is 22.9 Å². The minimum Gasteiger partial charge on any atom is -0.480 e. The summed E-state index contributed by atoms with van der Waals surface area (Å²) in [6, 6.07) is 11.5. The maximum absolute atomic E-state index is 13.8. The van der Waals surface area contributed by atoms with Gasteiger partial charge in [0.2, 0.25) is 23.6 Å². The Labute approximate surface area is 265 Å². The molecular weight excluding hydrogens is 594 g/mol. The Bertz CT molecular complexity index is 1540. The number of aromatic nitrogens is 1. The number of nitrogens with one attached hydrogen (secondary N) is 4. The summed E-state index contributed by atoms with van der Waals surface area (Å²) in [7, 11) is 0. The number of carbonyl (C=O) groups is 5. The van der Waals surface area contributed by atoms with Gasteiger partial charge in [-0.1, -0.05) is 48.5 Å². The van der Waals surface area contributed by atoms with Gasteiger partial charge >= 0.3 is 5.97 Å². The van der Waals surface area contributed by atoms with Crippen LogP contribution in [-0.4, -0.2) is 76.4 Å². The standard InChI is InChI=1S/C31H41N9O6/c32-21(10-6-14-36-31(34)35)27(42)39-24(15-18-7-2-1-3-8-18)28(43)40-25(16-19-17-37-22-11-5-4-9-20(19)22)29(44)38-23(30(45)46)12-13-26(33)41/h1-5,7-9,11,17,21,23-25,37H,6,10,12-16,32H2,(H2,33,41)(H,38,44)(H,39,42)(H,40,43)(H,45,46)(H4,34,35,36). The van der Waals surface area contributed by atoms with Gasteiger partial charge in [-0.05, 0) is 36.5 Å². The van der Waals surface area contributed by atoms with E-state index in [0.29, 0.717) is 12.0 Å². The first kappa shape index (κ1) is 35.0. The lowest BCUT2D eigenvalue weighted by molar-refractivity contribution is -0.142. The van der Waals surface area contributed by atoms with E-state index >= 15 is 0 Å². The number of carboxylic acid groups (broad SMARTS) is 1. The van der Waals surface area contributed by atoms with E-state index in [9.17, 15) is 29.1 Å². The summed E-state index contributed by atoms with van der Waals surface area (Å²) in [5.41, 5.74) is 24.2. The van der Waals surface area contributed by atoms with Crippen LogP contribution >= 0.6 is 0 Å². The highest BCUT2D eigenvalue weighted by Gasteiger charge is 2.31. The fraction of sp³-hybridized carbons (Fsp3) is 0.355. The number of benzene rings is 2. The highest BCUT2D eigenvalue weighted by atomic mass is 16.4. The van der Waals surface area contributed by atoms with Crippen molar-refractivity contribution in [3.05, 3.63) is 71.9 Å². The van der Waals surface area contributed by atoms with Gasteiger partial charge in [-0.3, -0.25) is 24.2 Å². The third-order valence-corrected chi connectivity index (χ3v) is 7.25. The van der Waals surface area contributed by atoms with Gasteiger partial charge in [-0.15, -0.1) is 0 Å². The van der Waals surface area contributed by atoms with Crippen molar-refractivity contribution in [3.8, 4) is 0 Å². The summed E-state index contributed by atoms with van der Waals surface area (Å²) in [5, 5.41) is 18.3. The van der Waals surface area contributed by atoms with Gasteiger partial charge in [0.05, 0.1) is 6.04 Å². The fourth-order valence-corrected chi connectivity index (χ4v) is 4.81. The lowest BCUT2D eigenvalue weighted by Crippen LogP contribution is -2.58. The molecule has 246 valence electrons. The SMILES string of the molecule is NC(=O)CCC(NC(=O)C(Cc1c[nH]c2ccccc12)NC(=O)C(Cc1ccccc1)NC(=O)C(N)CCCN=C(N)N)C(=O)O. The number of rotatable bonds is 18. The summed E-state index contributed by atoms with van der Waals surface area (Å²) >= 11 is 0. The monoisotopic (exact) mass is 635 g/mol. The number of carboxylic acids is 1. The average Bonchev–Trinajstić information content (AvgIpc) is 3.43. The van der Waals surface area contributed by atoms with Gasteiger partial charge in [0, 0.05) is 42.9 Å². The number of primary amides is 1. The second kappa shape index (κ2) is 17.2. The number of nitrogens with zero attached hydrogens (tertiary/aromatic N) is 1. The van der Waals surface area contributed by atoms with Crippen molar-refractivity contribution in [2.24, 2.45) is 27.9 Å². The van der Waals surface area contributed by atoms with Crippen LogP contribution in [0.1, 0.15) is 36.8 Å². The molecule has 2 aromatic carbocycles. The van der Waals surface area contributed by atoms with E-state index in [1.54, 1.807) is 30.5 Å². The van der Waals surface area contributed by atoms with Crippen molar-refractivity contribution in [1.29, 1.82) is 0 Å². The number of aliphatic carboxylic acids is 1. The minimum atomic E-state index is -1.43. The third-order valence-electron chi connectivity index (χ3n) is 7.25. The first-order valence-corrected chi connectivity index (χ1v) is 14.8. The predicted octanol–water partition coefficient (Wildman–Crippen LogP) is -0.861. The molecule has 0 radical (unpaired) electrons. The number of nitrogens with two attached hydrogens (primary N) is 4. The van der Waals surface area contributed by atoms with E-state index in [1.807, 2.05) is 30.3 Å². The zero-order chi connectivity index (χ0) is 33.6. The van der Waals surface area contributed by atoms with Crippen LogP contribution in [0.25, 0.3) is 10.9 Å². The number of para-hydroxylation sites is 1. The van der Waals surface area contributed by atoms with Crippen LogP contribution in [0.4, 0.5) is 0 Å². The Kier molecular flexibility index (Phi) is 13.1. The molecule has 0 saturated heterocycles. The van der Waals surface area contributed by atoms with Crippen LogP contribution in [0.15, 0.2) is 65.8 Å². The van der Waals surface area contributed by atoms with E-state index in [2.05, 4.69) is 25.9 Å². The predicted molar refractivity (Wildman–Crippen MR) is 172 cm³/mol. The summed E-state index contributed by atoms with van der Waals surface area (Å²) in [6.07, 6.45) is 1.93. The molecule has 4 unspecified atom stereocenters. The van der Waals surface area contributed by atoms with Crippen molar-refractivity contribution in [2.75, 3.05) is 6.54 Å². The lowest BCUT2D eigenvalue weighted by atomic mass is 10.0. The van der Waals surface area contributed by atoms with Gasteiger partial charge in [0.25, 0.3) is 0 Å². The molecule has 15 heteroatoms. The Morgan fingerprint density at radius 1 is 0.783 bits per heavy atom. The molecule has 0 saturated carbocycles. The van der Waals surface area contributed by atoms with Gasteiger partial charge in [0.15, 0.2) is 5.96 Å². The van der Waals surface area contributed by atoms with Crippen LogP contribution in [0.2, 0.25) is 0 Å². The number of fused-ring (bicyclic) bond motifs is 1. The molecule has 4 amide bonds. The van der Waals surface area contributed by atoms with Crippen molar-refractivity contribution in [3.63, 3.8) is 0 Å². The highest BCUT2D eigenvalue weighted by Crippen LogP contribution is 2.19. The molecule has 46 heavy (non-hydrogen) atoms. The Balaban J connectivity index is 1.85. The summed E-state index contributed by atoms with van der Waals surface area (Å²) < 4.78 is 0. The van der Waals surface area contributed by atoms with E-state index in [0.717, 1.165) is 16.5 Å². The molecule has 0 aliphatic rings. The molecule has 3 aromatic rings. The number of aliphatic imine (C=N–C) groups is 1. The smallest absolute Gasteiger partial charge is 0.326 e. The van der Waals surface area contributed by atoms with Crippen molar-refractivity contribution in [2.45, 2.75) is 62.7 Å². The van der Waals surface area contributed by atoms with E-state index < -0.39 is 53.8 Å². The number of hydrogen-bond donors (Lipinski definition) is 9. The number of carbonyl (C=O) groups excluding carboxylic acids is 4. The van der Waals surface area contributed by atoms with Crippen molar-refractivity contribution >= 4 is 46.5 Å². The summed E-state index contributed by atoms with van der Waals surface area (Å²) in [6.45, 7) is 0.276. The quantitative estimate of drug-likeness (QED) is 0.0477. The van der Waals surface area contributed by atoms with Gasteiger partial charge in [-0.2, -0.15) is 0 Å². The number of aromatic amines is 1. The second-order valence-corrected chi connectivity index (χ2v) is 10.8. The molecule has 15 nitrogen and oxygen atoms in total. The molecule has 0 aliphatic heterocycles. The van der Waals surface area contributed by atoms with Gasteiger partial charge in [-0.25, -0.2) is 4.79 Å². The molecule has 0 fully saturated rings. The topological polar surface area (TPSA) is 274 Å². The van der Waals surface area contributed by atoms with E-state index in [-0.39, 0.29) is 44.6 Å². The maximum Gasteiger partial charge on any atom is 0.326 e. The Hall–Kier alpha value is -5.44. The molecule has 1 aromatic heterocycles. The Morgan fingerprint density at radius 2 is 1.39 bits per heavy atom. The summed E-state index contributed by atoms with van der Waals surface area (Å²) in [5.74, 6) is -4.24. The van der Waals surface area contributed by atoms with Crippen molar-refractivity contribution in [1.82, 2.24) is 20.9 Å². The van der Waals surface area contributed by atoms with Crippen LogP contribution in [-0.2, 0) is 36.8 Å². The maximum atomic E-state index is 13.8. The molecule has 1 heterocycles. The summed E-state index contributed by atoms with van der Waals surface area (Å²) in [4.78, 5) is 70.6. The molecule has 3 rings (SSSR count). The molecule has 0 spiro atoms. The molecular formula is C31H41N9O6. The Morgan fingerprint density at radius 3 is 2.04 bits per heavy atom. The number of guanidine groups is 1. The van der Waals surface area contributed by atoms with Crippen LogP contribution in [0.5, 0.6) is 0 Å². The zero-order valence-corrected chi connectivity index (χ0v) is 25.3. The highest BCUT2D eigenvalue weighted by molar-refractivity contribution is 5.95. The van der Waals surface area contributed by atoms with Crippen LogP contribution in [0, 0.1) is 0 Å². The van der Waals surface area contributed by atoms with Crippen LogP contribution < -0.4 is 38.9 Å². The normalized spacial score (nSPS) is 13.5. The average molecular weight is 636 g/mol. The van der Waals surface area contributed by atoms with E-state index in [1.165, 1.54) is 0 Å². The molecule has 0 aliphatic carbocycles. The molecule has 0 bridgehead atoms. The number of hydrogen-bond acceptors (Lipinski definition) is 7. The van der Waals surface area contributed by atoms with Crippen LogP contribution in [0.3, 0.4) is 0 Å². The minimum absolute atomic E-state index is 0.0138. The first-order chi connectivity index (χ1) is 21.9. The zero-order valence-electron chi connectivity index (χ0n) is 25.3. The van der Waals surface area contributed by atoms with Gasteiger partial charge < -0.3 is 49.0 Å². The largest absolute Gasteiger partial charge is 0.480 e. The first-order valence-electron chi connectivity index (χ1n) is 14.8. The second-order valence-electron chi connectivity index (χ2n) is 10.8. The molecule has 4 atom stereocenters. The fourth-order valence-electron chi connectivity index (χ4n) is 4.81. The van der Waals surface area contributed by atoms with Gasteiger partial charge in [0.1, 0.15) is 18.1 Å². The number of H-pyrrole nitrogens is 1. The lowest BCUT2D eigenvalue weighted by Gasteiger charge is -2.25. The molecule has 13 N–H and O–H groups in total. The number of amides is 4. The third kappa shape index (κ3) is 10.9.